The van der Waals surface area contributed by atoms with Crippen LogP contribution in [0.5, 0.6) is 0 Å². The van der Waals surface area contributed by atoms with E-state index in [9.17, 15) is 14.7 Å². The Bertz CT molecular complexity index is 434. The lowest BCUT2D eigenvalue weighted by molar-refractivity contribution is -0.163. The van der Waals surface area contributed by atoms with E-state index in [4.69, 9.17) is 6.11 Å². The van der Waals surface area contributed by atoms with E-state index in [-0.39, 0.29) is 29.6 Å². The zero-order valence-electron chi connectivity index (χ0n) is 14.3. The van der Waals surface area contributed by atoms with Gasteiger partial charge in [0.05, 0.1) is 6.10 Å². The van der Waals surface area contributed by atoms with Crippen LogP contribution in [-0.2, 0) is 14.3 Å². The van der Waals surface area contributed by atoms with Crippen LogP contribution in [0.1, 0.15) is 67.1 Å². The van der Waals surface area contributed by atoms with Crippen LogP contribution in [0.25, 0.3) is 0 Å². The number of carbonyl (C=O) groups is 2. The van der Waals surface area contributed by atoms with Gasteiger partial charge in [0.1, 0.15) is 17.8 Å². The molecule has 5 atom stereocenters. The molecule has 0 radical (unpaired) electrons. The number of carbonyl (C=O) groups excluding carboxylic acids is 2. The quantitative estimate of drug-likeness (QED) is 0.580. The molecule has 120 valence electrons. The third-order valence-electron chi connectivity index (χ3n) is 4.88. The molecule has 1 heterocycles. The van der Waals surface area contributed by atoms with Gasteiger partial charge in [0, 0.05) is 20.1 Å². The highest BCUT2D eigenvalue weighted by atomic mass is 16.5. The maximum Gasteiger partial charge on any atom is 0.317 e. The average Bonchev–Trinajstić information content (AvgIpc) is 2.72. The Morgan fingerprint density at radius 1 is 1.48 bits per heavy atom. The first-order chi connectivity index (χ1) is 10.3. The summed E-state index contributed by atoms with van der Waals surface area (Å²) in [5.74, 6) is -1.92. The molecular weight excluding hydrogens is 268 g/mol. The zero-order chi connectivity index (χ0) is 16.5. The summed E-state index contributed by atoms with van der Waals surface area (Å²) in [5, 5.41) is 10.0. The second kappa shape index (κ2) is 6.47. The lowest BCUT2D eigenvalue weighted by Gasteiger charge is -2.29. The van der Waals surface area contributed by atoms with E-state index in [2.05, 4.69) is 6.92 Å². The molecule has 0 aromatic heterocycles. The standard InChI is InChI=1S/C17H28O4/c1-4-5-7-17(2,3)8-6-13(18)15-12-9-11(10-14(12)19)21-16(15)20/h11-12,14-15,19H,4-10H2,1-3H3/t11-,12+,14+,15+/m1/s1/i8D/t8-,11+,12-,14-,15-/m0. The van der Waals surface area contributed by atoms with Gasteiger partial charge < -0.3 is 9.84 Å². The fourth-order valence-corrected chi connectivity index (χ4v) is 3.48. The van der Waals surface area contributed by atoms with Gasteiger partial charge in [0.2, 0.25) is 0 Å². The van der Waals surface area contributed by atoms with E-state index in [1.165, 1.54) is 0 Å². The van der Waals surface area contributed by atoms with Crippen molar-refractivity contribution in [2.24, 2.45) is 17.3 Å². The molecule has 1 aliphatic heterocycles. The normalized spacial score (nSPS) is 34.3. The molecule has 0 aromatic carbocycles. The van der Waals surface area contributed by atoms with Crippen molar-refractivity contribution in [1.29, 1.82) is 0 Å². The summed E-state index contributed by atoms with van der Waals surface area (Å²) < 4.78 is 13.5. The van der Waals surface area contributed by atoms with Crippen LogP contribution in [0.2, 0.25) is 0 Å². The highest BCUT2D eigenvalue weighted by Gasteiger charge is 2.50. The number of hydrogen-bond donors (Lipinski definition) is 1. The Morgan fingerprint density at radius 2 is 2.19 bits per heavy atom. The predicted octanol–water partition coefficient (Wildman–Crippen LogP) is 2.86. The molecule has 21 heavy (non-hydrogen) atoms. The van der Waals surface area contributed by atoms with Gasteiger partial charge in [-0.15, -0.1) is 0 Å². The molecule has 1 N–H and O–H groups in total. The second-order valence-corrected chi connectivity index (χ2v) is 7.21. The average molecular weight is 297 g/mol. The second-order valence-electron chi connectivity index (χ2n) is 7.21. The van der Waals surface area contributed by atoms with E-state index in [1.807, 2.05) is 13.8 Å². The molecule has 0 aromatic rings. The van der Waals surface area contributed by atoms with Crippen molar-refractivity contribution in [3.63, 3.8) is 0 Å². The summed E-state index contributed by atoms with van der Waals surface area (Å²) in [6.07, 6.45) is 2.67. The Hall–Kier alpha value is -0.900. The van der Waals surface area contributed by atoms with Crippen LogP contribution in [0.3, 0.4) is 0 Å². The summed E-state index contributed by atoms with van der Waals surface area (Å²) in [7, 11) is 0. The molecule has 0 unspecified atom stereocenters. The lowest BCUT2D eigenvalue weighted by Crippen LogP contribution is -2.40. The SMILES string of the molecule is [2H][C@@H](CC(=O)[C@H]1C(=O)O[C@@H]2C[C@H]1[C@@H](O)C2)C(C)(C)CCCC. The number of Topliss-reactive ketones (excluding diaryl/α,β-unsaturated/α-hetero) is 1. The third-order valence-corrected chi connectivity index (χ3v) is 4.88. The smallest absolute Gasteiger partial charge is 0.317 e. The molecule has 1 saturated carbocycles. The fraction of sp³-hybridized carbons (Fsp3) is 0.882. The van der Waals surface area contributed by atoms with Crippen molar-refractivity contribution in [1.82, 2.24) is 0 Å². The molecule has 4 nitrogen and oxygen atoms in total. The van der Waals surface area contributed by atoms with Gasteiger partial charge in [-0.3, -0.25) is 9.59 Å². The molecule has 4 heteroatoms. The largest absolute Gasteiger partial charge is 0.462 e. The topological polar surface area (TPSA) is 63.6 Å². The number of fused-ring (bicyclic) bond motifs is 2. The number of unbranched alkanes of at least 4 members (excludes halogenated alkanes) is 1. The predicted molar refractivity (Wildman–Crippen MR) is 79.6 cm³/mol. The summed E-state index contributed by atoms with van der Waals surface area (Å²) >= 11 is 0. The molecule has 2 rings (SSSR count). The van der Waals surface area contributed by atoms with Gasteiger partial charge in [0.15, 0.2) is 0 Å². The third kappa shape index (κ3) is 3.85. The van der Waals surface area contributed by atoms with Gasteiger partial charge >= 0.3 is 5.97 Å². The summed E-state index contributed by atoms with van der Waals surface area (Å²) in [4.78, 5) is 24.6. The Morgan fingerprint density at radius 3 is 2.86 bits per heavy atom. The molecule has 0 spiro atoms. The van der Waals surface area contributed by atoms with Crippen LogP contribution in [-0.4, -0.2) is 29.1 Å². The number of aliphatic hydroxyl groups is 1. The van der Waals surface area contributed by atoms with Crippen LogP contribution in [0.4, 0.5) is 0 Å². The van der Waals surface area contributed by atoms with Crippen molar-refractivity contribution in [3.05, 3.63) is 0 Å². The summed E-state index contributed by atoms with van der Waals surface area (Å²) in [6.45, 7) is 6.12. The Labute approximate surface area is 128 Å². The highest BCUT2D eigenvalue weighted by Crippen LogP contribution is 2.41. The van der Waals surface area contributed by atoms with Crippen molar-refractivity contribution < 1.29 is 20.8 Å². The molecule has 2 fully saturated rings. The Balaban J connectivity index is 2.00. The van der Waals surface area contributed by atoms with E-state index in [1.54, 1.807) is 0 Å². The van der Waals surface area contributed by atoms with Crippen LogP contribution in [0, 0.1) is 17.3 Å². The van der Waals surface area contributed by atoms with E-state index in [0.29, 0.717) is 12.8 Å². The highest BCUT2D eigenvalue weighted by molar-refractivity contribution is 6.00. The minimum atomic E-state index is -0.872. The van der Waals surface area contributed by atoms with Crippen LogP contribution in [0.15, 0.2) is 0 Å². The first-order valence-corrected chi connectivity index (χ1v) is 8.09. The number of hydrogen-bond acceptors (Lipinski definition) is 4. The molecule has 1 saturated heterocycles. The van der Waals surface area contributed by atoms with Crippen molar-refractivity contribution >= 4 is 11.8 Å². The first-order valence-electron chi connectivity index (χ1n) is 8.67. The van der Waals surface area contributed by atoms with Crippen LogP contribution < -0.4 is 0 Å². The van der Waals surface area contributed by atoms with Gasteiger partial charge in [-0.1, -0.05) is 33.6 Å². The lowest BCUT2D eigenvalue weighted by atomic mass is 9.78. The minimum absolute atomic E-state index is 0.0599. The number of esters is 1. The van der Waals surface area contributed by atoms with Crippen LogP contribution >= 0.6 is 0 Å². The van der Waals surface area contributed by atoms with Gasteiger partial charge in [-0.2, -0.15) is 0 Å². The zero-order valence-corrected chi connectivity index (χ0v) is 13.3. The van der Waals surface area contributed by atoms with Crippen molar-refractivity contribution in [2.75, 3.05) is 0 Å². The van der Waals surface area contributed by atoms with Gasteiger partial charge in [0.25, 0.3) is 0 Å². The summed E-state index contributed by atoms with van der Waals surface area (Å²) in [6, 6.07) is 0. The first kappa shape index (κ1) is 15.0. The van der Waals surface area contributed by atoms with E-state index in [0.717, 1.165) is 19.3 Å². The molecular formula is C17H28O4. The van der Waals surface area contributed by atoms with E-state index >= 15 is 0 Å². The molecule has 0 amide bonds. The fourth-order valence-electron chi connectivity index (χ4n) is 3.48. The maximum absolute atomic E-state index is 12.5. The minimum Gasteiger partial charge on any atom is -0.462 e. The summed E-state index contributed by atoms with van der Waals surface area (Å²) in [5.41, 5.74) is -0.249. The molecule has 2 aliphatic rings. The number of aliphatic hydroxyl groups excluding tert-OH is 1. The number of rotatable bonds is 7. The molecule has 2 bridgehead atoms. The van der Waals surface area contributed by atoms with E-state index < -0.39 is 24.4 Å². The molecule has 1 aliphatic carbocycles. The van der Waals surface area contributed by atoms with Gasteiger partial charge in [-0.05, 0) is 24.7 Å². The number of ketones is 1. The van der Waals surface area contributed by atoms with Crippen molar-refractivity contribution in [2.45, 2.75) is 77.9 Å². The van der Waals surface area contributed by atoms with Crippen molar-refractivity contribution in [3.8, 4) is 0 Å². The Kier molecular flexibility index (Phi) is 4.63. The monoisotopic (exact) mass is 297 g/mol. The van der Waals surface area contributed by atoms with Gasteiger partial charge in [-0.25, -0.2) is 0 Å². The number of ether oxygens (including phenoxy) is 1. The maximum atomic E-state index is 12.5.